The lowest BCUT2D eigenvalue weighted by Crippen LogP contribution is -2.47. The van der Waals surface area contributed by atoms with Gasteiger partial charge in [-0.25, -0.2) is 19.4 Å². The summed E-state index contributed by atoms with van der Waals surface area (Å²) in [5.74, 6) is -1.04. The van der Waals surface area contributed by atoms with Crippen LogP contribution in [0.4, 0.5) is 4.79 Å². The van der Waals surface area contributed by atoms with E-state index in [1.807, 2.05) is 0 Å². The Hall–Kier alpha value is -2.73. The van der Waals surface area contributed by atoms with Gasteiger partial charge in [0.1, 0.15) is 0 Å². The summed E-state index contributed by atoms with van der Waals surface area (Å²) in [6.07, 6.45) is 5.51. The predicted molar refractivity (Wildman–Crippen MR) is 99.1 cm³/mol. The van der Waals surface area contributed by atoms with Gasteiger partial charge in [0, 0.05) is 12.7 Å². The second kappa shape index (κ2) is 8.31. The number of aliphatic imine (C=N–C) groups is 1. The summed E-state index contributed by atoms with van der Waals surface area (Å²) < 4.78 is 0. The Morgan fingerprint density at radius 3 is 2.74 bits per heavy atom. The second-order valence-electron chi connectivity index (χ2n) is 8.31. The molecule has 1 aliphatic rings. The summed E-state index contributed by atoms with van der Waals surface area (Å²) in [6.45, 7) is 6.94. The van der Waals surface area contributed by atoms with Crippen molar-refractivity contribution < 1.29 is 19.5 Å². The number of hydrogen-bond acceptors (Lipinski definition) is 5. The molecule has 1 aromatic heterocycles. The quantitative estimate of drug-likeness (QED) is 0.522. The first kappa shape index (κ1) is 20.6. The van der Waals surface area contributed by atoms with Crippen molar-refractivity contribution in [3.05, 3.63) is 29.6 Å². The van der Waals surface area contributed by atoms with E-state index >= 15 is 0 Å². The van der Waals surface area contributed by atoms with Crippen molar-refractivity contribution in [2.75, 3.05) is 6.54 Å². The van der Waals surface area contributed by atoms with Gasteiger partial charge in [-0.1, -0.05) is 20.8 Å². The molecule has 3 N–H and O–H groups in total. The van der Waals surface area contributed by atoms with Gasteiger partial charge in [-0.2, -0.15) is 0 Å². The molecule has 8 heteroatoms. The maximum absolute atomic E-state index is 12.1. The molecule has 2 rings (SSSR count). The zero-order valence-corrected chi connectivity index (χ0v) is 15.9. The Morgan fingerprint density at radius 1 is 1.33 bits per heavy atom. The van der Waals surface area contributed by atoms with Crippen LogP contribution in [0.15, 0.2) is 23.3 Å². The number of carbonyl (C=O) groups is 2. The van der Waals surface area contributed by atoms with Gasteiger partial charge in [-0.05, 0) is 42.2 Å². The van der Waals surface area contributed by atoms with Crippen LogP contribution in [0, 0.1) is 10.8 Å². The highest BCUT2D eigenvalue weighted by molar-refractivity contribution is 5.87. The molecule has 8 nitrogen and oxygen atoms in total. The van der Waals surface area contributed by atoms with E-state index in [1.54, 1.807) is 6.08 Å². The largest absolute Gasteiger partial charge is 0.478 e. The smallest absolute Gasteiger partial charge is 0.335 e. The molecule has 146 valence electrons. The number of nitrogens with one attached hydrogen (secondary N) is 2. The lowest BCUT2D eigenvalue weighted by Gasteiger charge is -2.45. The van der Waals surface area contributed by atoms with Gasteiger partial charge in [0.2, 0.25) is 6.08 Å². The summed E-state index contributed by atoms with van der Waals surface area (Å²) in [5.41, 5.74) is 0.444. The van der Waals surface area contributed by atoms with Crippen LogP contribution in [0.2, 0.25) is 0 Å². The molecular formula is C19H26N4O4. The van der Waals surface area contributed by atoms with Crippen LogP contribution in [-0.2, 0) is 11.3 Å². The van der Waals surface area contributed by atoms with Crippen molar-refractivity contribution in [1.29, 1.82) is 0 Å². The van der Waals surface area contributed by atoms with Gasteiger partial charge < -0.3 is 15.7 Å². The topological polar surface area (TPSA) is 121 Å². The molecule has 0 spiro atoms. The molecule has 1 aliphatic carbocycles. The minimum atomic E-state index is -1.04. The molecule has 1 fully saturated rings. The highest BCUT2D eigenvalue weighted by Crippen LogP contribution is 2.46. The first-order valence-electron chi connectivity index (χ1n) is 8.89. The van der Waals surface area contributed by atoms with Crippen molar-refractivity contribution in [2.45, 2.75) is 52.6 Å². The van der Waals surface area contributed by atoms with Gasteiger partial charge >= 0.3 is 12.0 Å². The highest BCUT2D eigenvalue weighted by Gasteiger charge is 2.41. The van der Waals surface area contributed by atoms with E-state index in [0.717, 1.165) is 12.8 Å². The van der Waals surface area contributed by atoms with Gasteiger partial charge in [0.15, 0.2) is 0 Å². The number of aromatic nitrogens is 1. The first-order chi connectivity index (χ1) is 12.6. The third-order valence-corrected chi connectivity index (χ3v) is 4.83. The number of pyridine rings is 1. The van der Waals surface area contributed by atoms with Gasteiger partial charge in [0.05, 0.1) is 23.8 Å². The summed E-state index contributed by atoms with van der Waals surface area (Å²) in [5, 5.41) is 14.5. The van der Waals surface area contributed by atoms with Crippen molar-refractivity contribution in [2.24, 2.45) is 15.8 Å². The fourth-order valence-electron chi connectivity index (χ4n) is 4.11. The van der Waals surface area contributed by atoms with Gasteiger partial charge in [-0.15, -0.1) is 0 Å². The molecule has 2 atom stereocenters. The fraction of sp³-hybridized carbons (Fsp3) is 0.579. The second-order valence-corrected chi connectivity index (χ2v) is 8.31. The number of carbonyl (C=O) groups excluding carboxylic acids is 2. The van der Waals surface area contributed by atoms with Crippen molar-refractivity contribution in [3.8, 4) is 0 Å². The number of isocyanates is 1. The Labute approximate surface area is 158 Å². The Kier molecular flexibility index (Phi) is 6.33. The molecule has 1 aromatic rings. The normalized spacial score (nSPS) is 23.7. The molecule has 27 heavy (non-hydrogen) atoms. The number of aromatic carboxylic acids is 1. The summed E-state index contributed by atoms with van der Waals surface area (Å²) in [4.78, 5) is 41.7. The Bertz CT molecular complexity index is 758. The molecule has 2 unspecified atom stereocenters. The number of urea groups is 1. The number of carboxylic acids is 1. The molecule has 0 aromatic carbocycles. The standard InChI is InChI=1S/C19H26N4O4/c1-18(2)7-15(23-12-24)8-19(3,10-18)11-22-17(27)21-9-14-6-13(16(25)26)4-5-20-14/h4-6,15H,7-11H2,1-3H3,(H,25,26)(H2,21,22,27). The average molecular weight is 374 g/mol. The lowest BCUT2D eigenvalue weighted by atomic mass is 9.63. The van der Waals surface area contributed by atoms with Crippen LogP contribution < -0.4 is 10.6 Å². The first-order valence-corrected chi connectivity index (χ1v) is 8.89. The molecule has 0 radical (unpaired) electrons. The fourth-order valence-corrected chi connectivity index (χ4v) is 4.11. The van der Waals surface area contributed by atoms with E-state index in [-0.39, 0.29) is 35.0 Å². The van der Waals surface area contributed by atoms with Gasteiger partial charge in [0.25, 0.3) is 0 Å². The van der Waals surface area contributed by atoms with Crippen LogP contribution in [-0.4, -0.2) is 40.8 Å². The summed E-state index contributed by atoms with van der Waals surface area (Å²) in [7, 11) is 0. The maximum Gasteiger partial charge on any atom is 0.335 e. The van der Waals surface area contributed by atoms with E-state index in [9.17, 15) is 14.4 Å². The van der Waals surface area contributed by atoms with Crippen LogP contribution in [0.1, 0.15) is 56.1 Å². The third-order valence-electron chi connectivity index (χ3n) is 4.83. The van der Waals surface area contributed by atoms with Crippen molar-refractivity contribution >= 4 is 18.1 Å². The summed E-state index contributed by atoms with van der Waals surface area (Å²) in [6, 6.07) is 2.40. The number of amides is 2. The van der Waals surface area contributed by atoms with Gasteiger partial charge in [-0.3, -0.25) is 4.98 Å². The third kappa shape index (κ3) is 6.18. The predicted octanol–water partition coefficient (Wildman–Crippen LogP) is 2.50. The minimum absolute atomic E-state index is 0.0252. The van der Waals surface area contributed by atoms with E-state index in [4.69, 9.17) is 5.11 Å². The van der Waals surface area contributed by atoms with E-state index < -0.39 is 5.97 Å². The number of nitrogens with zero attached hydrogens (tertiary/aromatic N) is 2. The SMILES string of the molecule is CC1(C)CC(N=C=O)CC(C)(CNC(=O)NCc2cc(C(=O)O)ccn2)C1. The van der Waals surface area contributed by atoms with E-state index in [1.165, 1.54) is 18.3 Å². The molecule has 0 aliphatic heterocycles. The molecule has 2 amide bonds. The van der Waals surface area contributed by atoms with Crippen molar-refractivity contribution in [3.63, 3.8) is 0 Å². The monoisotopic (exact) mass is 374 g/mol. The average Bonchev–Trinajstić information content (AvgIpc) is 2.57. The zero-order chi connectivity index (χ0) is 20.1. The minimum Gasteiger partial charge on any atom is -0.478 e. The molecule has 0 saturated heterocycles. The molecular weight excluding hydrogens is 348 g/mol. The molecule has 1 saturated carbocycles. The van der Waals surface area contributed by atoms with E-state index in [2.05, 4.69) is 41.4 Å². The summed E-state index contributed by atoms with van der Waals surface area (Å²) >= 11 is 0. The number of hydrogen-bond donors (Lipinski definition) is 3. The highest BCUT2D eigenvalue weighted by atomic mass is 16.4. The Balaban J connectivity index is 1.89. The Morgan fingerprint density at radius 2 is 2.07 bits per heavy atom. The van der Waals surface area contributed by atoms with Crippen molar-refractivity contribution in [1.82, 2.24) is 15.6 Å². The number of rotatable bonds is 6. The number of carboxylic acid groups (broad SMARTS) is 1. The van der Waals surface area contributed by atoms with Crippen LogP contribution in [0.3, 0.4) is 0 Å². The van der Waals surface area contributed by atoms with Crippen LogP contribution in [0.5, 0.6) is 0 Å². The molecule has 0 bridgehead atoms. The van der Waals surface area contributed by atoms with Crippen LogP contribution in [0.25, 0.3) is 0 Å². The van der Waals surface area contributed by atoms with E-state index in [0.29, 0.717) is 18.7 Å². The van der Waals surface area contributed by atoms with Crippen LogP contribution >= 0.6 is 0 Å². The maximum atomic E-state index is 12.1. The molecule has 1 heterocycles. The lowest BCUT2D eigenvalue weighted by molar-refractivity contribution is 0.0696. The zero-order valence-electron chi connectivity index (χ0n) is 15.9.